The Morgan fingerprint density at radius 1 is 1.26 bits per heavy atom. The topological polar surface area (TPSA) is 84.3 Å². The van der Waals surface area contributed by atoms with E-state index in [1.165, 1.54) is 0 Å². The Hall–Kier alpha value is -3.36. The lowest BCUT2D eigenvalue weighted by Gasteiger charge is -2.15. The summed E-state index contributed by atoms with van der Waals surface area (Å²) < 4.78 is 28.9. The summed E-state index contributed by atoms with van der Waals surface area (Å²) in [6.45, 7) is 1.71. The molecule has 0 amide bonds. The molecule has 0 saturated heterocycles. The van der Waals surface area contributed by atoms with Crippen LogP contribution in [-0.4, -0.2) is 29.5 Å². The molecule has 7 nitrogen and oxygen atoms in total. The number of aryl methyl sites for hydroxylation is 1. The van der Waals surface area contributed by atoms with Crippen LogP contribution in [0.15, 0.2) is 37.1 Å². The van der Waals surface area contributed by atoms with Crippen molar-refractivity contribution >= 4 is 17.0 Å². The van der Waals surface area contributed by atoms with Gasteiger partial charge in [0.25, 0.3) is 0 Å². The number of hydrogen-bond donors (Lipinski definition) is 2. The van der Waals surface area contributed by atoms with E-state index in [9.17, 15) is 8.78 Å². The minimum absolute atomic E-state index is 0.0952. The molecule has 138 valence electrons. The maximum atomic E-state index is 14.0. The normalized spacial score (nSPS) is 12.4. The molecule has 4 rings (SSSR count). The number of fused-ring (bicyclic) bond motifs is 1. The van der Waals surface area contributed by atoms with Crippen LogP contribution in [0, 0.1) is 11.6 Å². The third-order valence-corrected chi connectivity index (χ3v) is 4.19. The molecule has 1 atom stereocenters. The fourth-order valence-corrected chi connectivity index (χ4v) is 2.94. The van der Waals surface area contributed by atoms with E-state index in [-0.39, 0.29) is 5.69 Å². The molecule has 1 unspecified atom stereocenters. The predicted octanol–water partition coefficient (Wildman–Crippen LogP) is 3.13. The van der Waals surface area contributed by atoms with Gasteiger partial charge >= 0.3 is 0 Å². The molecule has 2 N–H and O–H groups in total. The minimum atomic E-state index is -0.718. The van der Waals surface area contributed by atoms with E-state index >= 15 is 0 Å². The van der Waals surface area contributed by atoms with Crippen molar-refractivity contribution in [1.82, 2.24) is 29.5 Å². The summed E-state index contributed by atoms with van der Waals surface area (Å²) in [6, 6.07) is 2.17. The zero-order valence-corrected chi connectivity index (χ0v) is 14.7. The minimum Gasteiger partial charge on any atom is -0.346 e. The Bertz CT molecular complexity index is 1100. The highest BCUT2D eigenvalue weighted by atomic mass is 19.1. The van der Waals surface area contributed by atoms with Crippen LogP contribution >= 0.6 is 0 Å². The van der Waals surface area contributed by atoms with Gasteiger partial charge in [-0.05, 0) is 13.0 Å². The average molecular weight is 369 g/mol. The molecule has 0 aromatic carbocycles. The molecule has 0 aliphatic rings. The zero-order valence-electron chi connectivity index (χ0n) is 14.7. The summed E-state index contributed by atoms with van der Waals surface area (Å²) in [7, 11) is 1.90. The van der Waals surface area contributed by atoms with Gasteiger partial charge in [-0.3, -0.25) is 4.98 Å². The fourth-order valence-electron chi connectivity index (χ4n) is 2.94. The fraction of sp³-hybridized carbons (Fsp3) is 0.222. The highest BCUT2D eigenvalue weighted by molar-refractivity contribution is 5.79. The number of H-pyrrole nitrogens is 1. The van der Waals surface area contributed by atoms with E-state index in [0.29, 0.717) is 18.0 Å². The van der Waals surface area contributed by atoms with Gasteiger partial charge in [-0.25, -0.2) is 18.7 Å². The quantitative estimate of drug-likeness (QED) is 0.565. The second-order valence-electron chi connectivity index (χ2n) is 6.33. The number of aromatic nitrogens is 6. The van der Waals surface area contributed by atoms with Crippen molar-refractivity contribution in [2.75, 3.05) is 5.32 Å². The highest BCUT2D eigenvalue weighted by Gasteiger charge is 2.17. The second-order valence-corrected chi connectivity index (χ2v) is 6.33. The first-order valence-electron chi connectivity index (χ1n) is 8.38. The summed E-state index contributed by atoms with van der Waals surface area (Å²) in [5.41, 5.74) is 2.43. The molecule has 0 saturated carbocycles. The van der Waals surface area contributed by atoms with Crippen molar-refractivity contribution in [3.8, 4) is 0 Å². The Morgan fingerprint density at radius 3 is 2.85 bits per heavy atom. The van der Waals surface area contributed by atoms with Gasteiger partial charge in [-0.2, -0.15) is 4.98 Å². The van der Waals surface area contributed by atoms with Gasteiger partial charge in [0.1, 0.15) is 17.3 Å². The van der Waals surface area contributed by atoms with Crippen molar-refractivity contribution in [3.63, 3.8) is 0 Å². The molecule has 0 fully saturated rings. The SMILES string of the molecule is CC(Nc1nc(Cc2cn(C)cn2)c2cc[nH]c2n1)c1ncc(F)cc1F. The van der Waals surface area contributed by atoms with Gasteiger partial charge in [-0.1, -0.05) is 0 Å². The van der Waals surface area contributed by atoms with Crippen LogP contribution < -0.4 is 5.32 Å². The number of hydrogen-bond acceptors (Lipinski definition) is 5. The van der Waals surface area contributed by atoms with Crippen LogP contribution in [0.25, 0.3) is 11.0 Å². The maximum absolute atomic E-state index is 14.0. The van der Waals surface area contributed by atoms with E-state index < -0.39 is 17.7 Å². The van der Waals surface area contributed by atoms with Gasteiger partial charge in [0.05, 0.1) is 35.6 Å². The third-order valence-electron chi connectivity index (χ3n) is 4.19. The molecule has 4 aromatic heterocycles. The standard InChI is InChI=1S/C18H17F2N7/c1-10(16-14(20)5-11(19)7-22-16)24-18-25-15(6-12-8-27(2)9-23-12)13-3-4-21-17(13)26-18/h3-5,7-10H,6H2,1-2H3,(H2,21,24,25,26). The van der Waals surface area contributed by atoms with E-state index in [1.807, 2.05) is 23.9 Å². The lowest BCUT2D eigenvalue weighted by Crippen LogP contribution is -2.14. The molecule has 27 heavy (non-hydrogen) atoms. The first-order chi connectivity index (χ1) is 13.0. The third kappa shape index (κ3) is 3.48. The van der Waals surface area contributed by atoms with Crippen molar-refractivity contribution < 1.29 is 8.78 Å². The molecule has 9 heteroatoms. The second kappa shape index (κ2) is 6.75. The maximum Gasteiger partial charge on any atom is 0.225 e. The van der Waals surface area contributed by atoms with Crippen LogP contribution in [0.1, 0.15) is 30.0 Å². The van der Waals surface area contributed by atoms with Crippen molar-refractivity contribution in [2.24, 2.45) is 7.05 Å². The van der Waals surface area contributed by atoms with Crippen molar-refractivity contribution in [1.29, 1.82) is 0 Å². The number of nitrogens with zero attached hydrogens (tertiary/aromatic N) is 5. The number of halogens is 2. The monoisotopic (exact) mass is 369 g/mol. The van der Waals surface area contributed by atoms with Gasteiger partial charge < -0.3 is 14.9 Å². The molecular weight excluding hydrogens is 352 g/mol. The average Bonchev–Trinajstić information content (AvgIpc) is 3.23. The summed E-state index contributed by atoms with van der Waals surface area (Å²) >= 11 is 0. The van der Waals surface area contributed by atoms with Crippen LogP contribution in [0.4, 0.5) is 14.7 Å². The van der Waals surface area contributed by atoms with Crippen LogP contribution in [-0.2, 0) is 13.5 Å². The molecule has 4 heterocycles. The van der Waals surface area contributed by atoms with E-state index in [4.69, 9.17) is 0 Å². The van der Waals surface area contributed by atoms with Gasteiger partial charge in [0, 0.05) is 37.3 Å². The van der Waals surface area contributed by atoms with Crippen LogP contribution in [0.3, 0.4) is 0 Å². The molecule has 0 spiro atoms. The summed E-state index contributed by atoms with van der Waals surface area (Å²) in [5, 5.41) is 3.93. The predicted molar refractivity (Wildman–Crippen MR) is 96.1 cm³/mol. The zero-order chi connectivity index (χ0) is 19.0. The van der Waals surface area contributed by atoms with Crippen LogP contribution in [0.5, 0.6) is 0 Å². The van der Waals surface area contributed by atoms with E-state index in [0.717, 1.165) is 29.0 Å². The molecule has 0 bridgehead atoms. The van der Waals surface area contributed by atoms with Gasteiger partial charge in [0.15, 0.2) is 0 Å². The van der Waals surface area contributed by atoms with Gasteiger partial charge in [-0.15, -0.1) is 0 Å². The number of anilines is 1. The van der Waals surface area contributed by atoms with E-state index in [2.05, 4.69) is 30.2 Å². The summed E-state index contributed by atoms with van der Waals surface area (Å²) in [6.07, 6.45) is 6.96. The largest absolute Gasteiger partial charge is 0.346 e. The molecular formula is C18H17F2N7. The van der Waals surface area contributed by atoms with Gasteiger partial charge in [0.2, 0.25) is 5.95 Å². The van der Waals surface area contributed by atoms with E-state index in [1.54, 1.807) is 19.4 Å². The number of aromatic amines is 1. The van der Waals surface area contributed by atoms with Crippen molar-refractivity contribution in [2.45, 2.75) is 19.4 Å². The Kier molecular flexibility index (Phi) is 4.27. The molecule has 0 aliphatic carbocycles. The summed E-state index contributed by atoms with van der Waals surface area (Å²) in [5.74, 6) is -1.11. The lowest BCUT2D eigenvalue weighted by atomic mass is 10.2. The smallest absolute Gasteiger partial charge is 0.225 e. The number of rotatable bonds is 5. The number of nitrogens with one attached hydrogen (secondary N) is 2. The van der Waals surface area contributed by atoms with Crippen LogP contribution in [0.2, 0.25) is 0 Å². The Morgan fingerprint density at radius 2 is 2.11 bits per heavy atom. The van der Waals surface area contributed by atoms with Crippen molar-refractivity contribution in [3.05, 3.63) is 65.8 Å². The molecule has 4 aromatic rings. The number of imidazole rings is 1. The Labute approximate surface area is 153 Å². The molecule has 0 radical (unpaired) electrons. The molecule has 0 aliphatic heterocycles. The Balaban J connectivity index is 1.65. The highest BCUT2D eigenvalue weighted by Crippen LogP contribution is 2.22. The first kappa shape index (κ1) is 17.1. The number of pyridine rings is 1. The summed E-state index contributed by atoms with van der Waals surface area (Å²) in [4.78, 5) is 20.2. The lowest BCUT2D eigenvalue weighted by molar-refractivity contribution is 0.549. The first-order valence-corrected chi connectivity index (χ1v) is 8.38.